The maximum Gasteiger partial charge on any atom is 0.257 e. The Morgan fingerprint density at radius 1 is 1.30 bits per heavy atom. The summed E-state index contributed by atoms with van der Waals surface area (Å²) in [5, 5.41) is 16.7. The molecule has 0 unspecified atom stereocenters. The number of oxime groups is 1. The van der Waals surface area contributed by atoms with E-state index in [4.69, 9.17) is 5.21 Å². The van der Waals surface area contributed by atoms with Gasteiger partial charge in [-0.3, -0.25) is 10.1 Å². The van der Waals surface area contributed by atoms with Gasteiger partial charge in [-0.05, 0) is 32.9 Å². The summed E-state index contributed by atoms with van der Waals surface area (Å²) in [7, 11) is 0. The molecule has 1 amide bonds. The van der Waals surface area contributed by atoms with Crippen LogP contribution < -0.4 is 5.32 Å². The molecule has 2 N–H and O–H groups in total. The lowest BCUT2D eigenvalue weighted by Crippen LogP contribution is -2.12. The summed E-state index contributed by atoms with van der Waals surface area (Å²) in [5.74, 6) is -0.198. The van der Waals surface area contributed by atoms with Crippen LogP contribution in [0.4, 0.5) is 5.13 Å². The van der Waals surface area contributed by atoms with Gasteiger partial charge in [0.25, 0.3) is 5.91 Å². The van der Waals surface area contributed by atoms with E-state index in [0.717, 1.165) is 11.1 Å². The van der Waals surface area contributed by atoms with Crippen LogP contribution in [0.3, 0.4) is 0 Å². The van der Waals surface area contributed by atoms with Gasteiger partial charge < -0.3 is 5.21 Å². The number of aryl methyl sites for hydroxylation is 2. The zero-order chi connectivity index (χ0) is 14.7. The van der Waals surface area contributed by atoms with E-state index in [1.54, 1.807) is 12.3 Å². The van der Waals surface area contributed by atoms with Gasteiger partial charge in [0.15, 0.2) is 5.13 Å². The highest BCUT2D eigenvalue weighted by atomic mass is 32.1. The second-order valence-corrected chi connectivity index (χ2v) is 5.41. The first-order valence-electron chi connectivity index (χ1n) is 6.04. The van der Waals surface area contributed by atoms with Crippen LogP contribution in [-0.2, 0) is 0 Å². The molecule has 0 saturated heterocycles. The van der Waals surface area contributed by atoms with Gasteiger partial charge in [-0.1, -0.05) is 22.3 Å². The van der Waals surface area contributed by atoms with E-state index >= 15 is 0 Å². The number of nitrogens with one attached hydrogen (secondary N) is 1. The van der Waals surface area contributed by atoms with E-state index in [1.165, 1.54) is 11.3 Å². The number of hydrogen-bond acceptors (Lipinski definition) is 5. The van der Waals surface area contributed by atoms with E-state index < -0.39 is 0 Å². The minimum Gasteiger partial charge on any atom is -0.411 e. The standard InChI is InChI=1S/C14H15N3O2S/c1-8-4-9(2)6-11(5-8)13(18)16-14-15-12(7-20-14)10(3)17-19/h4-7,19H,1-3H3,(H,15,16,18). The number of anilines is 1. The highest BCUT2D eigenvalue weighted by molar-refractivity contribution is 7.14. The number of carbonyl (C=O) groups is 1. The van der Waals surface area contributed by atoms with Gasteiger partial charge in [0, 0.05) is 10.9 Å². The molecule has 1 aromatic carbocycles. The maximum atomic E-state index is 12.1. The fraction of sp³-hybridized carbons (Fsp3) is 0.214. The fourth-order valence-corrected chi connectivity index (χ4v) is 2.57. The van der Waals surface area contributed by atoms with Crippen LogP contribution in [0.15, 0.2) is 28.7 Å². The Kier molecular flexibility index (Phi) is 4.14. The lowest BCUT2D eigenvalue weighted by atomic mass is 10.1. The minimum absolute atomic E-state index is 0.198. The summed E-state index contributed by atoms with van der Waals surface area (Å²) >= 11 is 1.29. The van der Waals surface area contributed by atoms with Crippen molar-refractivity contribution >= 4 is 28.1 Å². The van der Waals surface area contributed by atoms with E-state index in [-0.39, 0.29) is 5.91 Å². The summed E-state index contributed by atoms with van der Waals surface area (Å²) in [6.07, 6.45) is 0. The average Bonchev–Trinajstić information content (AvgIpc) is 2.85. The van der Waals surface area contributed by atoms with Crippen molar-refractivity contribution in [1.82, 2.24) is 4.98 Å². The van der Waals surface area contributed by atoms with Gasteiger partial charge in [0.1, 0.15) is 11.4 Å². The predicted octanol–water partition coefficient (Wildman–Crippen LogP) is 3.21. The predicted molar refractivity (Wildman–Crippen MR) is 80.0 cm³/mol. The van der Waals surface area contributed by atoms with Gasteiger partial charge in [-0.15, -0.1) is 11.3 Å². The number of amides is 1. The van der Waals surface area contributed by atoms with Gasteiger partial charge in [0.2, 0.25) is 0 Å². The molecule has 2 rings (SSSR count). The molecule has 2 aromatic rings. The molecular weight excluding hydrogens is 274 g/mol. The molecule has 0 aliphatic heterocycles. The molecule has 20 heavy (non-hydrogen) atoms. The molecule has 0 bridgehead atoms. The Hall–Kier alpha value is -2.21. The number of thiazole rings is 1. The molecule has 6 heteroatoms. The first-order valence-corrected chi connectivity index (χ1v) is 6.92. The molecule has 104 valence electrons. The summed E-state index contributed by atoms with van der Waals surface area (Å²) < 4.78 is 0. The summed E-state index contributed by atoms with van der Waals surface area (Å²) in [6.45, 7) is 5.54. The van der Waals surface area contributed by atoms with Gasteiger partial charge in [0.05, 0.1) is 0 Å². The van der Waals surface area contributed by atoms with E-state index in [9.17, 15) is 4.79 Å². The Morgan fingerprint density at radius 3 is 2.55 bits per heavy atom. The number of carbonyl (C=O) groups excluding carboxylic acids is 1. The monoisotopic (exact) mass is 289 g/mol. The number of rotatable bonds is 3. The fourth-order valence-electron chi connectivity index (χ4n) is 1.82. The minimum atomic E-state index is -0.198. The molecule has 0 radical (unpaired) electrons. The van der Waals surface area contributed by atoms with Crippen LogP contribution in [0.2, 0.25) is 0 Å². The Morgan fingerprint density at radius 2 is 1.95 bits per heavy atom. The van der Waals surface area contributed by atoms with Crippen LogP contribution >= 0.6 is 11.3 Å². The SMILES string of the molecule is CC(=NO)c1csc(NC(=O)c2cc(C)cc(C)c2)n1. The summed E-state index contributed by atoms with van der Waals surface area (Å²) in [4.78, 5) is 16.3. The lowest BCUT2D eigenvalue weighted by Gasteiger charge is -2.04. The normalized spacial score (nSPS) is 11.4. The third kappa shape index (κ3) is 3.21. The average molecular weight is 289 g/mol. The summed E-state index contributed by atoms with van der Waals surface area (Å²) in [5.41, 5.74) is 3.64. The number of benzene rings is 1. The Bertz CT molecular complexity index is 657. The highest BCUT2D eigenvalue weighted by Crippen LogP contribution is 2.18. The van der Waals surface area contributed by atoms with Gasteiger partial charge >= 0.3 is 0 Å². The van der Waals surface area contributed by atoms with Crippen molar-refractivity contribution in [3.05, 3.63) is 46.0 Å². The van der Waals surface area contributed by atoms with Crippen LogP contribution in [0.1, 0.15) is 34.1 Å². The molecule has 1 heterocycles. The van der Waals surface area contributed by atoms with Crippen molar-refractivity contribution in [2.24, 2.45) is 5.16 Å². The lowest BCUT2D eigenvalue weighted by molar-refractivity contribution is 0.102. The van der Waals surface area contributed by atoms with Crippen LogP contribution in [0, 0.1) is 13.8 Å². The van der Waals surface area contributed by atoms with E-state index in [1.807, 2.05) is 32.0 Å². The molecule has 0 fully saturated rings. The zero-order valence-corrected chi connectivity index (χ0v) is 12.3. The molecule has 0 spiro atoms. The topological polar surface area (TPSA) is 74.6 Å². The first-order chi connectivity index (χ1) is 9.49. The second kappa shape index (κ2) is 5.83. The number of aromatic nitrogens is 1. The highest BCUT2D eigenvalue weighted by Gasteiger charge is 2.11. The van der Waals surface area contributed by atoms with Crippen LogP contribution in [-0.4, -0.2) is 21.8 Å². The molecular formula is C14H15N3O2S. The van der Waals surface area contributed by atoms with Crippen molar-refractivity contribution in [2.75, 3.05) is 5.32 Å². The maximum absolute atomic E-state index is 12.1. The smallest absolute Gasteiger partial charge is 0.257 e. The molecule has 0 aliphatic rings. The quantitative estimate of drug-likeness (QED) is 0.517. The van der Waals surface area contributed by atoms with Crippen molar-refractivity contribution < 1.29 is 10.0 Å². The van der Waals surface area contributed by atoms with Crippen molar-refractivity contribution in [1.29, 1.82) is 0 Å². The molecule has 5 nitrogen and oxygen atoms in total. The molecule has 0 saturated carbocycles. The number of hydrogen-bond donors (Lipinski definition) is 2. The first kappa shape index (κ1) is 14.2. The van der Waals surface area contributed by atoms with Gasteiger partial charge in [-0.2, -0.15) is 0 Å². The second-order valence-electron chi connectivity index (χ2n) is 4.55. The molecule has 1 aromatic heterocycles. The summed E-state index contributed by atoms with van der Waals surface area (Å²) in [6, 6.07) is 5.67. The van der Waals surface area contributed by atoms with E-state index in [2.05, 4.69) is 15.5 Å². The van der Waals surface area contributed by atoms with E-state index in [0.29, 0.717) is 22.1 Å². The van der Waals surface area contributed by atoms with Crippen LogP contribution in [0.25, 0.3) is 0 Å². The van der Waals surface area contributed by atoms with Gasteiger partial charge in [-0.25, -0.2) is 4.98 Å². The van der Waals surface area contributed by atoms with Crippen molar-refractivity contribution in [2.45, 2.75) is 20.8 Å². The molecule has 0 atom stereocenters. The Balaban J connectivity index is 2.17. The third-order valence-corrected chi connectivity index (χ3v) is 3.49. The van der Waals surface area contributed by atoms with Crippen molar-refractivity contribution in [3.8, 4) is 0 Å². The van der Waals surface area contributed by atoms with Crippen molar-refractivity contribution in [3.63, 3.8) is 0 Å². The molecule has 0 aliphatic carbocycles. The number of nitrogens with zero attached hydrogens (tertiary/aromatic N) is 2. The largest absolute Gasteiger partial charge is 0.411 e. The zero-order valence-electron chi connectivity index (χ0n) is 11.5. The third-order valence-electron chi connectivity index (χ3n) is 2.73. The van der Waals surface area contributed by atoms with Crippen LogP contribution in [0.5, 0.6) is 0 Å². The Labute approximate surface area is 121 Å².